The van der Waals surface area contributed by atoms with Crippen LogP contribution in [0.4, 0.5) is 5.69 Å². The number of hydrogen-bond donors (Lipinski definition) is 2. The lowest BCUT2D eigenvalue weighted by Crippen LogP contribution is -2.11. The molecule has 0 saturated carbocycles. The number of halogens is 1. The van der Waals surface area contributed by atoms with Gasteiger partial charge in [-0.3, -0.25) is 9.89 Å². The standard InChI is InChI=1S/C10H10ClN3OS/c1-5-9(6(2)14-13-5)12-10(15)7-3-4-8(11)16-7/h3-4H,1-2H3,(H,12,15)(H,13,14). The van der Waals surface area contributed by atoms with Gasteiger partial charge in [-0.15, -0.1) is 11.3 Å². The van der Waals surface area contributed by atoms with Gasteiger partial charge in [-0.05, 0) is 26.0 Å². The van der Waals surface area contributed by atoms with E-state index in [0.717, 1.165) is 17.1 Å². The third-order valence-electron chi connectivity index (χ3n) is 2.16. The van der Waals surface area contributed by atoms with Crippen molar-refractivity contribution in [2.75, 3.05) is 5.32 Å². The fraction of sp³-hybridized carbons (Fsp3) is 0.200. The van der Waals surface area contributed by atoms with Crippen molar-refractivity contribution < 1.29 is 4.79 Å². The van der Waals surface area contributed by atoms with Crippen molar-refractivity contribution in [3.63, 3.8) is 0 Å². The highest BCUT2D eigenvalue weighted by Crippen LogP contribution is 2.23. The normalized spacial score (nSPS) is 10.4. The van der Waals surface area contributed by atoms with Crippen molar-refractivity contribution in [2.45, 2.75) is 13.8 Å². The molecule has 0 unspecified atom stereocenters. The van der Waals surface area contributed by atoms with Crippen molar-refractivity contribution in [3.05, 3.63) is 32.7 Å². The Bertz CT molecular complexity index is 512. The number of aromatic amines is 1. The van der Waals surface area contributed by atoms with Gasteiger partial charge in [0.15, 0.2) is 0 Å². The maximum atomic E-state index is 11.8. The molecule has 0 atom stereocenters. The van der Waals surface area contributed by atoms with E-state index in [-0.39, 0.29) is 5.91 Å². The molecular weight excluding hydrogens is 246 g/mol. The molecule has 0 spiro atoms. The molecule has 16 heavy (non-hydrogen) atoms. The average molecular weight is 256 g/mol. The summed E-state index contributed by atoms with van der Waals surface area (Å²) in [6.07, 6.45) is 0. The van der Waals surface area contributed by atoms with Crippen LogP contribution in [-0.2, 0) is 0 Å². The van der Waals surface area contributed by atoms with Crippen LogP contribution in [0.25, 0.3) is 0 Å². The van der Waals surface area contributed by atoms with Gasteiger partial charge in [-0.2, -0.15) is 5.10 Å². The van der Waals surface area contributed by atoms with Gasteiger partial charge in [-0.25, -0.2) is 0 Å². The number of thiophene rings is 1. The number of amides is 1. The molecule has 6 heteroatoms. The zero-order chi connectivity index (χ0) is 11.7. The number of H-pyrrole nitrogens is 1. The monoisotopic (exact) mass is 255 g/mol. The Kier molecular flexibility index (Phi) is 2.98. The van der Waals surface area contributed by atoms with Gasteiger partial charge in [0.05, 0.1) is 26.3 Å². The number of rotatable bonds is 2. The summed E-state index contributed by atoms with van der Waals surface area (Å²) in [6.45, 7) is 3.69. The van der Waals surface area contributed by atoms with Gasteiger partial charge in [0.25, 0.3) is 5.91 Å². The Labute approximate surface area is 102 Å². The zero-order valence-electron chi connectivity index (χ0n) is 8.80. The maximum absolute atomic E-state index is 11.8. The van der Waals surface area contributed by atoms with Crippen LogP contribution in [-0.4, -0.2) is 16.1 Å². The summed E-state index contributed by atoms with van der Waals surface area (Å²) in [5.74, 6) is -0.162. The first-order valence-electron chi connectivity index (χ1n) is 4.66. The van der Waals surface area contributed by atoms with E-state index < -0.39 is 0 Å². The highest BCUT2D eigenvalue weighted by Gasteiger charge is 2.13. The second-order valence-electron chi connectivity index (χ2n) is 3.37. The minimum absolute atomic E-state index is 0.162. The van der Waals surface area contributed by atoms with Crippen LogP contribution < -0.4 is 5.32 Å². The summed E-state index contributed by atoms with van der Waals surface area (Å²) in [5, 5.41) is 9.62. The number of carbonyl (C=O) groups excluding carboxylic acids is 1. The van der Waals surface area contributed by atoms with Crippen LogP contribution in [0.15, 0.2) is 12.1 Å². The molecule has 4 nitrogen and oxygen atoms in total. The molecule has 0 bridgehead atoms. The van der Waals surface area contributed by atoms with Crippen molar-refractivity contribution in [1.82, 2.24) is 10.2 Å². The van der Waals surface area contributed by atoms with Crippen molar-refractivity contribution in [1.29, 1.82) is 0 Å². The minimum atomic E-state index is -0.162. The van der Waals surface area contributed by atoms with Gasteiger partial charge >= 0.3 is 0 Å². The molecule has 1 amide bonds. The second kappa shape index (κ2) is 4.27. The van der Waals surface area contributed by atoms with Crippen LogP contribution in [0.5, 0.6) is 0 Å². The third-order valence-corrected chi connectivity index (χ3v) is 3.39. The molecule has 2 aromatic rings. The summed E-state index contributed by atoms with van der Waals surface area (Å²) in [7, 11) is 0. The van der Waals surface area contributed by atoms with Crippen LogP contribution in [0.1, 0.15) is 21.1 Å². The Balaban J connectivity index is 2.20. The molecule has 0 radical (unpaired) electrons. The minimum Gasteiger partial charge on any atom is -0.318 e. The van der Waals surface area contributed by atoms with Crippen molar-refractivity contribution in [2.24, 2.45) is 0 Å². The first-order valence-corrected chi connectivity index (χ1v) is 5.85. The Hall–Kier alpha value is -1.33. The molecule has 2 N–H and O–H groups in total. The molecule has 2 rings (SSSR count). The quantitative estimate of drug-likeness (QED) is 0.867. The molecule has 0 aliphatic heterocycles. The average Bonchev–Trinajstić information content (AvgIpc) is 2.79. The highest BCUT2D eigenvalue weighted by atomic mass is 35.5. The summed E-state index contributed by atoms with van der Waals surface area (Å²) in [4.78, 5) is 12.4. The molecule has 2 aromatic heterocycles. The van der Waals surface area contributed by atoms with Crippen LogP contribution in [0, 0.1) is 13.8 Å². The predicted octanol–water partition coefficient (Wildman–Crippen LogP) is 2.99. The van der Waals surface area contributed by atoms with Gasteiger partial charge < -0.3 is 5.32 Å². The van der Waals surface area contributed by atoms with Gasteiger partial charge in [0.1, 0.15) is 0 Å². The Morgan fingerprint density at radius 3 is 2.75 bits per heavy atom. The Morgan fingerprint density at radius 2 is 2.25 bits per heavy atom. The molecule has 0 aliphatic rings. The lowest BCUT2D eigenvalue weighted by Gasteiger charge is -2.02. The van der Waals surface area contributed by atoms with E-state index in [1.807, 2.05) is 13.8 Å². The van der Waals surface area contributed by atoms with E-state index >= 15 is 0 Å². The zero-order valence-corrected chi connectivity index (χ0v) is 10.4. The molecule has 0 aliphatic carbocycles. The van der Waals surface area contributed by atoms with Gasteiger partial charge in [-0.1, -0.05) is 11.6 Å². The second-order valence-corrected chi connectivity index (χ2v) is 5.08. The maximum Gasteiger partial charge on any atom is 0.265 e. The fourth-order valence-electron chi connectivity index (χ4n) is 1.35. The molecule has 0 aromatic carbocycles. The topological polar surface area (TPSA) is 57.8 Å². The highest BCUT2D eigenvalue weighted by molar-refractivity contribution is 7.18. The van der Waals surface area contributed by atoms with Crippen molar-refractivity contribution in [3.8, 4) is 0 Å². The first-order chi connectivity index (χ1) is 7.58. The number of nitrogens with one attached hydrogen (secondary N) is 2. The summed E-state index contributed by atoms with van der Waals surface area (Å²) < 4.78 is 0.603. The van der Waals surface area contributed by atoms with E-state index in [4.69, 9.17) is 11.6 Å². The van der Waals surface area contributed by atoms with E-state index in [1.54, 1.807) is 12.1 Å². The number of nitrogens with zero attached hydrogens (tertiary/aromatic N) is 1. The summed E-state index contributed by atoms with van der Waals surface area (Å²) >= 11 is 7.02. The smallest absolute Gasteiger partial charge is 0.265 e. The molecule has 2 heterocycles. The van der Waals surface area contributed by atoms with Crippen LogP contribution in [0.2, 0.25) is 4.34 Å². The van der Waals surface area contributed by atoms with E-state index in [0.29, 0.717) is 9.21 Å². The van der Waals surface area contributed by atoms with Gasteiger partial charge in [0, 0.05) is 0 Å². The number of anilines is 1. The van der Waals surface area contributed by atoms with E-state index in [9.17, 15) is 4.79 Å². The molecular formula is C10H10ClN3OS. The largest absolute Gasteiger partial charge is 0.318 e. The number of aromatic nitrogens is 2. The first kappa shape index (κ1) is 11.2. The molecule has 0 fully saturated rings. The van der Waals surface area contributed by atoms with Gasteiger partial charge in [0.2, 0.25) is 0 Å². The van der Waals surface area contributed by atoms with Crippen molar-refractivity contribution >= 4 is 34.5 Å². The predicted molar refractivity (Wildman–Crippen MR) is 65.3 cm³/mol. The van der Waals surface area contributed by atoms with E-state index in [1.165, 1.54) is 11.3 Å². The summed E-state index contributed by atoms with van der Waals surface area (Å²) in [5.41, 5.74) is 2.34. The van der Waals surface area contributed by atoms with Crippen LogP contribution in [0.3, 0.4) is 0 Å². The molecule has 0 saturated heterocycles. The molecule has 84 valence electrons. The van der Waals surface area contributed by atoms with Crippen LogP contribution >= 0.6 is 22.9 Å². The lowest BCUT2D eigenvalue weighted by atomic mass is 10.3. The summed E-state index contributed by atoms with van der Waals surface area (Å²) in [6, 6.07) is 3.41. The third kappa shape index (κ3) is 2.10. The Morgan fingerprint density at radius 1 is 1.50 bits per heavy atom. The lowest BCUT2D eigenvalue weighted by molar-refractivity contribution is 0.103. The van der Waals surface area contributed by atoms with E-state index in [2.05, 4.69) is 15.5 Å². The number of carbonyl (C=O) groups is 1. The fourth-order valence-corrected chi connectivity index (χ4v) is 2.28. The number of hydrogen-bond acceptors (Lipinski definition) is 3. The number of aryl methyl sites for hydroxylation is 2. The SMILES string of the molecule is Cc1n[nH]c(C)c1NC(=O)c1ccc(Cl)s1.